The van der Waals surface area contributed by atoms with Crippen LogP contribution < -0.4 is 0 Å². The first-order valence-corrected chi connectivity index (χ1v) is 43.5. The van der Waals surface area contributed by atoms with E-state index in [1.165, 1.54) is 128 Å². The molecule has 0 heterocycles. The predicted octanol–water partition coefficient (Wildman–Crippen LogP) is 23.6. The number of hydrogen-bond donors (Lipinski definition) is 3. The average Bonchev–Trinajstić information content (AvgIpc) is 0.926. The Balaban J connectivity index is 5.39. The number of ether oxygens (including phenoxy) is 4. The molecule has 0 bridgehead atoms. The van der Waals surface area contributed by atoms with E-state index in [1.54, 1.807) is 6.08 Å². The summed E-state index contributed by atoms with van der Waals surface area (Å²) in [5.41, 5.74) is 0. The van der Waals surface area contributed by atoms with Gasteiger partial charge in [0.15, 0.2) is 12.2 Å². The third-order valence-electron chi connectivity index (χ3n) is 17.1. The Morgan fingerprint density at radius 3 is 0.873 bits per heavy atom. The van der Waals surface area contributed by atoms with Crippen LogP contribution in [0.4, 0.5) is 0 Å². The number of phosphoric acid groups is 2. The summed E-state index contributed by atoms with van der Waals surface area (Å²) in [6, 6.07) is 0. The molecule has 0 aromatic heterocycles. The second-order valence-electron chi connectivity index (χ2n) is 27.0. The smallest absolute Gasteiger partial charge is 0.462 e. The van der Waals surface area contributed by atoms with Crippen molar-refractivity contribution in [1.82, 2.24) is 0 Å². The highest BCUT2D eigenvalue weighted by Crippen LogP contribution is 2.45. The molecule has 590 valence electrons. The molecule has 0 aliphatic rings. The van der Waals surface area contributed by atoms with Gasteiger partial charge in [-0.15, -0.1) is 0 Å². The molecule has 0 amide bonds. The van der Waals surface area contributed by atoms with E-state index in [-0.39, 0.29) is 25.7 Å². The van der Waals surface area contributed by atoms with Crippen LogP contribution in [0.15, 0.2) is 97.2 Å². The molecule has 5 unspecified atom stereocenters. The monoisotopic (exact) mass is 1480 g/mol. The summed E-state index contributed by atoms with van der Waals surface area (Å²) in [7, 11) is -9.97. The maximum Gasteiger partial charge on any atom is 0.472 e. The summed E-state index contributed by atoms with van der Waals surface area (Å²) in [4.78, 5) is 73.0. The maximum atomic E-state index is 13.1. The van der Waals surface area contributed by atoms with Crippen LogP contribution >= 0.6 is 15.6 Å². The topological polar surface area (TPSA) is 237 Å². The summed E-state index contributed by atoms with van der Waals surface area (Å²) in [6.07, 6.45) is 79.8. The van der Waals surface area contributed by atoms with Gasteiger partial charge in [0, 0.05) is 19.3 Å². The number of allylic oxidation sites excluding steroid dienone is 15. The second kappa shape index (κ2) is 75.2. The number of phosphoric ester groups is 2. The lowest BCUT2D eigenvalue weighted by Crippen LogP contribution is -2.30. The van der Waals surface area contributed by atoms with Crippen molar-refractivity contribution >= 4 is 39.5 Å². The number of unbranched alkanes of at least 4 members (excludes halogenated alkanes) is 35. The molecular weight excluding hydrogens is 1330 g/mol. The van der Waals surface area contributed by atoms with Crippen molar-refractivity contribution in [3.05, 3.63) is 97.2 Å². The van der Waals surface area contributed by atoms with Crippen molar-refractivity contribution in [2.24, 2.45) is 0 Å². The normalized spacial score (nSPS) is 14.4. The third-order valence-corrected chi connectivity index (χ3v) is 19.0. The van der Waals surface area contributed by atoms with Gasteiger partial charge in [0.25, 0.3) is 0 Å². The number of esters is 4. The van der Waals surface area contributed by atoms with E-state index in [4.69, 9.17) is 37.0 Å². The van der Waals surface area contributed by atoms with Gasteiger partial charge in [-0.3, -0.25) is 37.3 Å². The highest BCUT2D eigenvalue weighted by molar-refractivity contribution is 7.47. The largest absolute Gasteiger partial charge is 0.472 e. The minimum atomic E-state index is -4.99. The SMILES string of the molecule is CC/C=C\C/C=C\C/C=C\C/C=C\C/C=C\CC(=O)OCC(COP(=O)(O)OCC(O)COP(=O)(O)OCC(COC(=O)CCCCCCCCC/C=C\C/C=C\C/C=C\CC)OC(=O)CCCCCCCCCCCCCCCCC)OC(=O)CCCCCCCCCCCCCCCCC. The summed E-state index contributed by atoms with van der Waals surface area (Å²) in [6.45, 7) is 4.59. The Bertz CT molecular complexity index is 2310. The van der Waals surface area contributed by atoms with Gasteiger partial charge in [-0.05, 0) is 83.5 Å². The van der Waals surface area contributed by atoms with E-state index >= 15 is 0 Å². The molecule has 17 nitrogen and oxygen atoms in total. The van der Waals surface area contributed by atoms with Gasteiger partial charge in [0.05, 0.1) is 32.8 Å². The molecule has 102 heavy (non-hydrogen) atoms. The van der Waals surface area contributed by atoms with Crippen LogP contribution in [0.3, 0.4) is 0 Å². The molecule has 0 radical (unpaired) electrons. The number of carbonyl (C=O) groups is 4. The summed E-state index contributed by atoms with van der Waals surface area (Å²) in [5.74, 6) is -2.31. The Labute approximate surface area is 620 Å². The molecule has 3 N–H and O–H groups in total. The van der Waals surface area contributed by atoms with Crippen LogP contribution in [-0.2, 0) is 65.4 Å². The average molecular weight is 1480 g/mol. The van der Waals surface area contributed by atoms with Gasteiger partial charge < -0.3 is 33.8 Å². The van der Waals surface area contributed by atoms with Crippen molar-refractivity contribution in [1.29, 1.82) is 0 Å². The molecule has 0 aromatic carbocycles. The van der Waals surface area contributed by atoms with Gasteiger partial charge >= 0.3 is 39.5 Å². The molecule has 5 atom stereocenters. The Morgan fingerprint density at radius 1 is 0.294 bits per heavy atom. The first-order valence-electron chi connectivity index (χ1n) is 40.5. The van der Waals surface area contributed by atoms with E-state index in [0.717, 1.165) is 141 Å². The Kier molecular flexibility index (Phi) is 72.3. The van der Waals surface area contributed by atoms with E-state index < -0.39 is 97.5 Å². The molecule has 0 aliphatic carbocycles. The fourth-order valence-corrected chi connectivity index (χ4v) is 12.6. The number of aliphatic hydroxyl groups is 1. The molecule has 0 rings (SSSR count). The van der Waals surface area contributed by atoms with Crippen molar-refractivity contribution in [2.45, 2.75) is 367 Å². The minimum absolute atomic E-state index is 0.0679. The zero-order chi connectivity index (χ0) is 74.6. The van der Waals surface area contributed by atoms with Crippen LogP contribution in [0.5, 0.6) is 0 Å². The number of hydrogen-bond acceptors (Lipinski definition) is 15. The molecule has 0 saturated carbocycles. The Hall–Kier alpha value is -4.02. The lowest BCUT2D eigenvalue weighted by molar-refractivity contribution is -0.161. The lowest BCUT2D eigenvalue weighted by atomic mass is 10.0. The third kappa shape index (κ3) is 74.3. The standard InChI is InChI=1S/C83H146O17P2/c1-5-9-13-17-21-25-29-33-37-38-42-44-48-52-56-60-64-68-81(86)94-74-79(100-83(88)70-66-62-58-54-50-46-41-36-32-28-24-20-16-12-8-4)76-98-102(91,92)96-72-77(84)71-95-101(89,90)97-75-78(99-82(87)69-65-61-57-53-49-45-40-35-31-27-23-19-15-11-7-3)73-93-80(85)67-63-59-55-51-47-43-39-34-30-26-22-18-14-10-6-2/h9-10,13-14,21-22,25-26,33-34,37,39,47,51,59,63,77-79,84H,5-8,11-12,15-20,23-24,27-32,35-36,38,40-46,48-50,52-58,60-62,64-76H2,1-4H3,(H,89,90)(H,91,92)/b13-9-,14-10-,25-21-,26-22-,37-33-,39-34-,51-47-,63-59-. The molecule has 19 heteroatoms. The van der Waals surface area contributed by atoms with Gasteiger partial charge in [-0.25, -0.2) is 9.13 Å². The zero-order valence-electron chi connectivity index (χ0n) is 64.5. The van der Waals surface area contributed by atoms with E-state index in [9.17, 15) is 43.2 Å². The highest BCUT2D eigenvalue weighted by atomic mass is 31.2. The number of rotatable bonds is 76. The molecule has 0 spiro atoms. The zero-order valence-corrected chi connectivity index (χ0v) is 66.3. The maximum absolute atomic E-state index is 13.1. The van der Waals surface area contributed by atoms with E-state index in [2.05, 4.69) is 101 Å². The summed E-state index contributed by atoms with van der Waals surface area (Å²) in [5, 5.41) is 10.6. The van der Waals surface area contributed by atoms with Gasteiger partial charge in [0.1, 0.15) is 19.3 Å². The van der Waals surface area contributed by atoms with Crippen LogP contribution in [0.1, 0.15) is 349 Å². The van der Waals surface area contributed by atoms with Crippen molar-refractivity contribution in [3.8, 4) is 0 Å². The fraction of sp³-hybridized carbons (Fsp3) is 0.759. The number of carbonyl (C=O) groups excluding carboxylic acids is 4. The molecule has 0 aliphatic heterocycles. The predicted molar refractivity (Wildman–Crippen MR) is 418 cm³/mol. The second-order valence-corrected chi connectivity index (χ2v) is 29.9. The van der Waals surface area contributed by atoms with Gasteiger partial charge in [-0.1, -0.05) is 337 Å². The van der Waals surface area contributed by atoms with Crippen LogP contribution in [-0.4, -0.2) is 96.7 Å². The number of aliphatic hydroxyl groups excluding tert-OH is 1. The highest BCUT2D eigenvalue weighted by Gasteiger charge is 2.30. The van der Waals surface area contributed by atoms with Crippen LogP contribution in [0.2, 0.25) is 0 Å². The van der Waals surface area contributed by atoms with E-state index in [0.29, 0.717) is 25.7 Å². The first kappa shape index (κ1) is 98.0. The van der Waals surface area contributed by atoms with Crippen molar-refractivity contribution in [2.75, 3.05) is 39.6 Å². The molecule has 0 aromatic rings. The molecular formula is C83H146O17P2. The molecule has 0 fully saturated rings. The summed E-state index contributed by atoms with van der Waals surface area (Å²) < 4.78 is 68.5. The van der Waals surface area contributed by atoms with Gasteiger partial charge in [-0.2, -0.15) is 0 Å². The fourth-order valence-electron chi connectivity index (χ4n) is 11.0. The van der Waals surface area contributed by atoms with Gasteiger partial charge in [0.2, 0.25) is 0 Å². The molecule has 0 saturated heterocycles. The van der Waals surface area contributed by atoms with Crippen molar-refractivity contribution in [3.63, 3.8) is 0 Å². The lowest BCUT2D eigenvalue weighted by Gasteiger charge is -2.21. The quantitative estimate of drug-likeness (QED) is 0.0169. The van der Waals surface area contributed by atoms with Crippen LogP contribution in [0, 0.1) is 0 Å². The first-order chi connectivity index (χ1) is 49.7. The Morgan fingerprint density at radius 2 is 0.549 bits per heavy atom. The van der Waals surface area contributed by atoms with Crippen molar-refractivity contribution < 1.29 is 80.2 Å². The minimum Gasteiger partial charge on any atom is -0.462 e. The van der Waals surface area contributed by atoms with Crippen LogP contribution in [0.25, 0.3) is 0 Å². The summed E-state index contributed by atoms with van der Waals surface area (Å²) >= 11 is 0. The van der Waals surface area contributed by atoms with E-state index in [1.807, 2.05) is 18.2 Å².